The molecule has 1 aliphatic heterocycles. The smallest absolute Gasteiger partial charge is 0.216 e. The number of benzene rings is 1. The van der Waals surface area contributed by atoms with Gasteiger partial charge >= 0.3 is 0 Å². The molecule has 12 heavy (non-hydrogen) atoms. The van der Waals surface area contributed by atoms with Crippen molar-refractivity contribution in [1.29, 1.82) is 0 Å². The fourth-order valence-electron chi connectivity index (χ4n) is 1.13. The van der Waals surface area contributed by atoms with Gasteiger partial charge in [-0.3, -0.25) is 0 Å². The zero-order valence-electron chi connectivity index (χ0n) is 6.46. The number of rotatable bonds is 1. The van der Waals surface area contributed by atoms with Crippen LogP contribution in [0.1, 0.15) is 5.56 Å². The van der Waals surface area contributed by atoms with Crippen molar-refractivity contribution in [2.24, 2.45) is 4.99 Å². The second kappa shape index (κ2) is 3.43. The van der Waals surface area contributed by atoms with Crippen LogP contribution in [0.25, 0.3) is 0 Å². The summed E-state index contributed by atoms with van der Waals surface area (Å²) in [6, 6.07) is 8.16. The molecule has 2 nitrogen and oxygen atoms in total. The van der Waals surface area contributed by atoms with E-state index in [0.29, 0.717) is 0 Å². The van der Waals surface area contributed by atoms with E-state index < -0.39 is 0 Å². The van der Waals surface area contributed by atoms with Crippen LogP contribution in [-0.4, -0.2) is 19.0 Å². The minimum absolute atomic E-state index is 0.723. The zero-order chi connectivity index (χ0) is 8.39. The normalized spacial score (nSPS) is 15.6. The van der Waals surface area contributed by atoms with Gasteiger partial charge in [-0.05, 0) is 40.8 Å². The third kappa shape index (κ3) is 1.60. The minimum Gasteiger partial charge on any atom is -0.476 e. The Bertz CT molecular complexity index is 322. The molecule has 0 fully saturated rings. The molecular formula is C9H8INO. The summed E-state index contributed by atoms with van der Waals surface area (Å²) >= 11 is 2.28. The molecule has 0 bridgehead atoms. The number of nitrogens with zero attached hydrogens (tertiary/aromatic N) is 1. The molecule has 1 heterocycles. The molecular weight excluding hydrogens is 265 g/mol. The summed E-state index contributed by atoms with van der Waals surface area (Å²) in [6.07, 6.45) is 0. The highest BCUT2D eigenvalue weighted by molar-refractivity contribution is 14.1. The highest BCUT2D eigenvalue weighted by Crippen LogP contribution is 2.11. The Balaban J connectivity index is 2.33. The SMILES string of the molecule is Ic1cccc(C2=NCCO2)c1. The van der Waals surface area contributed by atoms with E-state index in [-0.39, 0.29) is 0 Å². The van der Waals surface area contributed by atoms with Crippen LogP contribution in [0.4, 0.5) is 0 Å². The fraction of sp³-hybridized carbons (Fsp3) is 0.222. The van der Waals surface area contributed by atoms with E-state index in [1.165, 1.54) is 3.57 Å². The van der Waals surface area contributed by atoms with Crippen LogP contribution in [0.15, 0.2) is 29.3 Å². The van der Waals surface area contributed by atoms with Crippen LogP contribution < -0.4 is 0 Å². The first-order chi connectivity index (χ1) is 5.86. The summed E-state index contributed by atoms with van der Waals surface area (Å²) in [4.78, 5) is 4.24. The van der Waals surface area contributed by atoms with E-state index in [1.807, 2.05) is 12.1 Å². The number of hydrogen-bond donors (Lipinski definition) is 0. The summed E-state index contributed by atoms with van der Waals surface area (Å²) < 4.78 is 6.55. The lowest BCUT2D eigenvalue weighted by Crippen LogP contribution is -2.00. The van der Waals surface area contributed by atoms with E-state index in [2.05, 4.69) is 39.7 Å². The monoisotopic (exact) mass is 273 g/mol. The largest absolute Gasteiger partial charge is 0.476 e. The van der Waals surface area contributed by atoms with Gasteiger partial charge in [0.25, 0.3) is 0 Å². The minimum atomic E-state index is 0.723. The van der Waals surface area contributed by atoms with Crippen LogP contribution in [0.2, 0.25) is 0 Å². The summed E-state index contributed by atoms with van der Waals surface area (Å²) in [6.45, 7) is 1.52. The van der Waals surface area contributed by atoms with Crippen molar-refractivity contribution < 1.29 is 4.74 Å². The van der Waals surface area contributed by atoms with E-state index in [1.54, 1.807) is 0 Å². The zero-order valence-corrected chi connectivity index (χ0v) is 8.61. The Labute approximate surface area is 84.8 Å². The average molecular weight is 273 g/mol. The molecule has 1 aromatic carbocycles. The van der Waals surface area contributed by atoms with E-state index in [4.69, 9.17) is 4.74 Å². The van der Waals surface area contributed by atoms with Gasteiger partial charge < -0.3 is 4.74 Å². The molecule has 62 valence electrons. The lowest BCUT2D eigenvalue weighted by atomic mass is 10.2. The van der Waals surface area contributed by atoms with Crippen LogP contribution >= 0.6 is 22.6 Å². The molecule has 0 aliphatic carbocycles. The molecule has 3 heteroatoms. The van der Waals surface area contributed by atoms with Crippen LogP contribution in [0.5, 0.6) is 0 Å². The standard InChI is InChI=1S/C9H8INO/c10-8-3-1-2-7(6-8)9-11-4-5-12-9/h1-3,6H,4-5H2. The van der Waals surface area contributed by atoms with Crippen molar-refractivity contribution in [3.8, 4) is 0 Å². The van der Waals surface area contributed by atoms with Crippen molar-refractivity contribution >= 4 is 28.5 Å². The summed E-state index contributed by atoms with van der Waals surface area (Å²) in [7, 11) is 0. The van der Waals surface area contributed by atoms with Crippen molar-refractivity contribution in [2.45, 2.75) is 0 Å². The maximum atomic E-state index is 5.34. The maximum absolute atomic E-state index is 5.34. The molecule has 0 atom stereocenters. The Morgan fingerprint density at radius 2 is 2.33 bits per heavy atom. The van der Waals surface area contributed by atoms with Crippen LogP contribution in [0.3, 0.4) is 0 Å². The predicted molar refractivity (Wildman–Crippen MR) is 56.5 cm³/mol. The van der Waals surface area contributed by atoms with E-state index in [9.17, 15) is 0 Å². The third-order valence-electron chi connectivity index (χ3n) is 1.66. The average Bonchev–Trinajstić information content (AvgIpc) is 2.56. The van der Waals surface area contributed by atoms with Gasteiger partial charge in [0, 0.05) is 9.13 Å². The molecule has 2 rings (SSSR count). The lowest BCUT2D eigenvalue weighted by Gasteiger charge is -2.00. The van der Waals surface area contributed by atoms with Gasteiger partial charge in [-0.2, -0.15) is 0 Å². The molecule has 0 N–H and O–H groups in total. The summed E-state index contributed by atoms with van der Waals surface area (Å²) in [5, 5.41) is 0. The summed E-state index contributed by atoms with van der Waals surface area (Å²) in [5.74, 6) is 0.786. The van der Waals surface area contributed by atoms with Crippen molar-refractivity contribution in [3.05, 3.63) is 33.4 Å². The molecule has 1 aromatic rings. The predicted octanol–water partition coefficient (Wildman–Crippen LogP) is 2.07. The lowest BCUT2D eigenvalue weighted by molar-refractivity contribution is 0.348. The van der Waals surface area contributed by atoms with Gasteiger partial charge in [0.05, 0.1) is 6.54 Å². The van der Waals surface area contributed by atoms with Gasteiger partial charge in [0.1, 0.15) is 6.61 Å². The Morgan fingerprint density at radius 1 is 1.42 bits per heavy atom. The Hall–Kier alpha value is -0.580. The molecule has 1 aliphatic rings. The maximum Gasteiger partial charge on any atom is 0.216 e. The second-order valence-electron chi connectivity index (χ2n) is 2.55. The number of aliphatic imine (C=N–C) groups is 1. The number of ether oxygens (including phenoxy) is 1. The van der Waals surface area contributed by atoms with Gasteiger partial charge in [-0.1, -0.05) is 6.07 Å². The first kappa shape index (κ1) is 8.04. The Kier molecular flexibility index (Phi) is 2.30. The quantitative estimate of drug-likeness (QED) is 0.718. The van der Waals surface area contributed by atoms with Crippen LogP contribution in [-0.2, 0) is 4.74 Å². The van der Waals surface area contributed by atoms with Gasteiger partial charge in [-0.15, -0.1) is 0 Å². The van der Waals surface area contributed by atoms with Gasteiger partial charge in [0.2, 0.25) is 5.90 Å². The molecule has 0 spiro atoms. The fourth-order valence-corrected chi connectivity index (χ4v) is 1.67. The van der Waals surface area contributed by atoms with Crippen molar-refractivity contribution in [1.82, 2.24) is 0 Å². The molecule has 0 unspecified atom stereocenters. The van der Waals surface area contributed by atoms with Crippen molar-refractivity contribution in [3.63, 3.8) is 0 Å². The molecule has 0 aromatic heterocycles. The molecule has 0 amide bonds. The topological polar surface area (TPSA) is 21.6 Å². The Morgan fingerprint density at radius 3 is 3.00 bits per heavy atom. The molecule has 0 saturated heterocycles. The van der Waals surface area contributed by atoms with Crippen molar-refractivity contribution in [2.75, 3.05) is 13.2 Å². The number of hydrogen-bond acceptors (Lipinski definition) is 2. The first-order valence-corrected chi connectivity index (χ1v) is 4.87. The highest BCUT2D eigenvalue weighted by Gasteiger charge is 2.09. The van der Waals surface area contributed by atoms with Gasteiger partial charge in [-0.25, -0.2) is 4.99 Å². The van der Waals surface area contributed by atoms with E-state index in [0.717, 1.165) is 24.6 Å². The highest BCUT2D eigenvalue weighted by atomic mass is 127. The molecule has 0 radical (unpaired) electrons. The summed E-state index contributed by atoms with van der Waals surface area (Å²) in [5.41, 5.74) is 1.08. The number of halogens is 1. The third-order valence-corrected chi connectivity index (χ3v) is 2.33. The second-order valence-corrected chi connectivity index (χ2v) is 3.79. The van der Waals surface area contributed by atoms with E-state index >= 15 is 0 Å². The first-order valence-electron chi connectivity index (χ1n) is 3.79. The molecule has 0 saturated carbocycles. The van der Waals surface area contributed by atoms with Gasteiger partial charge in [0.15, 0.2) is 0 Å². The van der Waals surface area contributed by atoms with Crippen LogP contribution in [0, 0.1) is 3.57 Å².